The van der Waals surface area contributed by atoms with Gasteiger partial charge in [-0.15, -0.1) is 0 Å². The molecule has 1 aliphatic carbocycles. The fourth-order valence-electron chi connectivity index (χ4n) is 8.97. The van der Waals surface area contributed by atoms with E-state index in [1.807, 2.05) is 0 Å². The van der Waals surface area contributed by atoms with Crippen LogP contribution in [0.1, 0.15) is 65.5 Å². The van der Waals surface area contributed by atoms with Crippen molar-refractivity contribution in [1.82, 2.24) is 0 Å². The van der Waals surface area contributed by atoms with Crippen molar-refractivity contribution in [3.63, 3.8) is 0 Å². The average molecular weight is 702 g/mol. The first-order valence-corrected chi connectivity index (χ1v) is 19.5. The predicted molar refractivity (Wildman–Crippen MR) is 232 cm³/mol. The van der Waals surface area contributed by atoms with E-state index in [0.717, 1.165) is 24.2 Å². The van der Waals surface area contributed by atoms with Crippen molar-refractivity contribution in [3.05, 3.63) is 180 Å². The van der Waals surface area contributed by atoms with E-state index in [4.69, 9.17) is 0 Å². The minimum Gasteiger partial charge on any atom is -0.312 e. The van der Waals surface area contributed by atoms with Gasteiger partial charge in [-0.2, -0.15) is 0 Å². The van der Waals surface area contributed by atoms with Crippen LogP contribution in [0.4, 0.5) is 45.5 Å². The zero-order valence-electron chi connectivity index (χ0n) is 32.3. The van der Waals surface area contributed by atoms with Gasteiger partial charge in [0.1, 0.15) is 0 Å². The van der Waals surface area contributed by atoms with Crippen molar-refractivity contribution in [2.75, 3.05) is 14.7 Å². The molecule has 0 bridgehead atoms. The predicted octanol–water partition coefficient (Wildman–Crippen LogP) is 12.4. The van der Waals surface area contributed by atoms with Crippen LogP contribution in [0.15, 0.2) is 169 Å². The lowest BCUT2D eigenvalue weighted by Crippen LogP contribution is -2.57. The fourth-order valence-corrected chi connectivity index (χ4v) is 8.97. The van der Waals surface area contributed by atoms with Gasteiger partial charge in [-0.3, -0.25) is 0 Å². The summed E-state index contributed by atoms with van der Waals surface area (Å²) in [5.41, 5.74) is 17.4. The Hall–Kier alpha value is -5.74. The highest BCUT2D eigenvalue weighted by molar-refractivity contribution is 6.96. The molecule has 0 aromatic heterocycles. The first-order valence-electron chi connectivity index (χ1n) is 19.5. The number of fused-ring (bicyclic) bond motifs is 4. The second-order valence-electron chi connectivity index (χ2n) is 16.9. The Kier molecular flexibility index (Phi) is 8.19. The van der Waals surface area contributed by atoms with Crippen LogP contribution in [0.2, 0.25) is 0 Å². The number of nitrogens with zero attached hydrogens (tertiary/aromatic N) is 3. The zero-order chi connectivity index (χ0) is 37.2. The molecule has 0 fully saturated rings. The molecule has 0 saturated carbocycles. The Bertz CT molecular complexity index is 2370. The van der Waals surface area contributed by atoms with Crippen LogP contribution in [0.5, 0.6) is 0 Å². The van der Waals surface area contributed by atoms with Crippen LogP contribution in [0.25, 0.3) is 0 Å². The molecule has 0 unspecified atom stereocenters. The molecule has 4 heteroatoms. The lowest BCUT2D eigenvalue weighted by Gasteiger charge is -2.47. The van der Waals surface area contributed by atoms with E-state index in [1.165, 1.54) is 67.3 Å². The summed E-state index contributed by atoms with van der Waals surface area (Å²) in [5, 5.41) is 0. The standard InChI is InChI=1S/C50H48BN3/c1-49(2,3)38-25-13-17-29-42(38)54(43-30-18-14-26-39(43)50(4,5)6)37-33-46-48-47(34-37)53(36-23-11-8-12-24-36)45-32-20-16-28-41(45)51(48)40-27-15-19-31-44(40)52(46)35-21-9-7-10-22-35/h7-15,17-19,21-34H,16,20H2,1-6H3. The molecular weight excluding hydrogens is 653 g/mol. The van der Waals surface area contributed by atoms with Crippen LogP contribution in [-0.4, -0.2) is 6.71 Å². The Morgan fingerprint density at radius 1 is 0.500 bits per heavy atom. The van der Waals surface area contributed by atoms with Gasteiger partial charge in [0.2, 0.25) is 0 Å². The van der Waals surface area contributed by atoms with E-state index in [-0.39, 0.29) is 17.5 Å². The SMILES string of the molecule is CC(C)(C)c1ccccc1N(c1cc2c3c(c1)N(c1ccccc1)c1ccccc1B3C1=CCCC=C1N2c1ccccc1)c1ccccc1C(C)(C)C. The van der Waals surface area contributed by atoms with Crippen molar-refractivity contribution < 1.29 is 0 Å². The smallest absolute Gasteiger partial charge is 0.251 e. The summed E-state index contributed by atoms with van der Waals surface area (Å²) >= 11 is 0. The summed E-state index contributed by atoms with van der Waals surface area (Å²) in [6.07, 6.45) is 7.06. The largest absolute Gasteiger partial charge is 0.312 e. The summed E-state index contributed by atoms with van der Waals surface area (Å²) in [6.45, 7) is 14.1. The minimum atomic E-state index is -0.0865. The molecule has 0 saturated heterocycles. The van der Waals surface area contributed by atoms with Crippen LogP contribution < -0.4 is 25.6 Å². The van der Waals surface area contributed by atoms with E-state index in [9.17, 15) is 0 Å². The monoisotopic (exact) mass is 701 g/mol. The maximum Gasteiger partial charge on any atom is 0.251 e. The second-order valence-corrected chi connectivity index (χ2v) is 16.9. The van der Waals surface area contributed by atoms with Crippen molar-refractivity contribution in [2.24, 2.45) is 0 Å². The highest BCUT2D eigenvalue weighted by atomic mass is 15.2. The normalized spacial score (nSPS) is 14.8. The summed E-state index contributed by atoms with van der Waals surface area (Å²) in [5.74, 6) is 0. The topological polar surface area (TPSA) is 9.72 Å². The third-order valence-corrected chi connectivity index (χ3v) is 11.3. The Morgan fingerprint density at radius 2 is 0.981 bits per heavy atom. The third-order valence-electron chi connectivity index (χ3n) is 11.3. The molecule has 2 heterocycles. The maximum absolute atomic E-state index is 2.56. The zero-order valence-corrected chi connectivity index (χ0v) is 32.3. The van der Waals surface area contributed by atoms with E-state index in [1.54, 1.807) is 0 Å². The van der Waals surface area contributed by atoms with Gasteiger partial charge < -0.3 is 14.7 Å². The van der Waals surface area contributed by atoms with Gasteiger partial charge in [0, 0.05) is 45.5 Å². The van der Waals surface area contributed by atoms with Gasteiger partial charge in [-0.1, -0.05) is 145 Å². The van der Waals surface area contributed by atoms with Crippen LogP contribution >= 0.6 is 0 Å². The summed E-state index contributed by atoms with van der Waals surface area (Å²) < 4.78 is 0. The molecule has 2 aliphatic heterocycles. The number of benzene rings is 6. The maximum atomic E-state index is 2.56. The molecular formula is C50H48BN3. The quantitative estimate of drug-likeness (QED) is 0.166. The van der Waals surface area contributed by atoms with Crippen molar-refractivity contribution in [3.8, 4) is 0 Å². The van der Waals surface area contributed by atoms with Crippen molar-refractivity contribution in [2.45, 2.75) is 65.2 Å². The number of para-hydroxylation sites is 5. The molecule has 3 nitrogen and oxygen atoms in total. The molecule has 6 aromatic carbocycles. The highest BCUT2D eigenvalue weighted by Gasteiger charge is 2.45. The number of hydrogen-bond acceptors (Lipinski definition) is 3. The lowest BCUT2D eigenvalue weighted by molar-refractivity contribution is 0.587. The average Bonchev–Trinajstić information content (AvgIpc) is 3.18. The van der Waals surface area contributed by atoms with E-state index < -0.39 is 0 Å². The lowest BCUT2D eigenvalue weighted by atomic mass is 9.32. The fraction of sp³-hybridized carbons (Fsp3) is 0.200. The minimum absolute atomic E-state index is 0.0865. The Morgan fingerprint density at radius 3 is 1.57 bits per heavy atom. The van der Waals surface area contributed by atoms with E-state index in [0.29, 0.717) is 0 Å². The van der Waals surface area contributed by atoms with Crippen LogP contribution in [0.3, 0.4) is 0 Å². The van der Waals surface area contributed by atoms with Crippen LogP contribution in [-0.2, 0) is 10.8 Å². The van der Waals surface area contributed by atoms with E-state index in [2.05, 4.69) is 214 Å². The number of allylic oxidation sites excluding steroid dienone is 3. The van der Waals surface area contributed by atoms with Gasteiger partial charge in [0.05, 0.1) is 5.69 Å². The summed E-state index contributed by atoms with van der Waals surface area (Å²) in [7, 11) is 0. The number of hydrogen-bond donors (Lipinski definition) is 0. The van der Waals surface area contributed by atoms with Crippen molar-refractivity contribution in [1.29, 1.82) is 0 Å². The summed E-state index contributed by atoms with van der Waals surface area (Å²) in [4.78, 5) is 7.61. The van der Waals surface area contributed by atoms with Gasteiger partial charge in [0.15, 0.2) is 0 Å². The third kappa shape index (κ3) is 5.59. The van der Waals surface area contributed by atoms with Crippen LogP contribution in [0, 0.1) is 0 Å². The summed E-state index contributed by atoms with van der Waals surface area (Å²) in [6, 6.07) is 54.0. The van der Waals surface area contributed by atoms with Crippen molar-refractivity contribution >= 4 is 63.1 Å². The van der Waals surface area contributed by atoms with E-state index >= 15 is 0 Å². The van der Waals surface area contributed by atoms with Gasteiger partial charge >= 0.3 is 0 Å². The first kappa shape index (κ1) is 34.1. The number of rotatable bonds is 5. The Balaban J connectivity index is 1.44. The second kappa shape index (κ2) is 13.0. The van der Waals surface area contributed by atoms with Gasteiger partial charge in [-0.05, 0) is 106 Å². The molecule has 0 N–H and O–H groups in total. The molecule has 0 spiro atoms. The molecule has 3 aliphatic rings. The Labute approximate surface area is 322 Å². The molecule has 0 atom stereocenters. The molecule has 0 radical (unpaired) electrons. The van der Waals surface area contributed by atoms with Gasteiger partial charge in [-0.25, -0.2) is 0 Å². The molecule has 6 aromatic rings. The van der Waals surface area contributed by atoms with Gasteiger partial charge in [0.25, 0.3) is 6.71 Å². The number of anilines is 8. The molecule has 9 rings (SSSR count). The molecule has 54 heavy (non-hydrogen) atoms. The highest BCUT2D eigenvalue weighted by Crippen LogP contribution is 2.51. The molecule has 266 valence electrons. The first-order chi connectivity index (χ1) is 26.1. The molecule has 0 amide bonds.